The zero-order chi connectivity index (χ0) is 13.5. The third-order valence-electron chi connectivity index (χ3n) is 5.40. The molecule has 4 atom stereocenters. The van der Waals surface area contributed by atoms with E-state index in [4.69, 9.17) is 0 Å². The van der Waals surface area contributed by atoms with Crippen molar-refractivity contribution < 1.29 is 0 Å². The summed E-state index contributed by atoms with van der Waals surface area (Å²) in [5.74, 6) is 1.81. The van der Waals surface area contributed by atoms with Crippen molar-refractivity contribution in [2.45, 2.75) is 83.7 Å². The van der Waals surface area contributed by atoms with Gasteiger partial charge >= 0.3 is 0 Å². The lowest BCUT2D eigenvalue weighted by Crippen LogP contribution is -2.43. The normalized spacial score (nSPS) is 32.8. The van der Waals surface area contributed by atoms with E-state index in [1.165, 1.54) is 70.9 Å². The Labute approximate surface area is 120 Å². The van der Waals surface area contributed by atoms with Crippen LogP contribution in [-0.2, 0) is 0 Å². The maximum atomic E-state index is 3.93. The van der Waals surface area contributed by atoms with Gasteiger partial charge in [-0.25, -0.2) is 0 Å². The van der Waals surface area contributed by atoms with Crippen molar-refractivity contribution >= 4 is 0 Å². The van der Waals surface area contributed by atoms with E-state index in [0.717, 1.165) is 23.9 Å². The highest BCUT2D eigenvalue weighted by Crippen LogP contribution is 2.32. The van der Waals surface area contributed by atoms with E-state index in [2.05, 4.69) is 24.5 Å². The largest absolute Gasteiger partial charge is 0.314 e. The van der Waals surface area contributed by atoms with Crippen molar-refractivity contribution in [2.75, 3.05) is 13.1 Å². The summed E-state index contributed by atoms with van der Waals surface area (Å²) in [4.78, 5) is 0. The van der Waals surface area contributed by atoms with Gasteiger partial charge < -0.3 is 10.6 Å². The zero-order valence-corrected chi connectivity index (χ0v) is 13.1. The molecule has 0 radical (unpaired) electrons. The Morgan fingerprint density at radius 3 is 2.74 bits per heavy atom. The van der Waals surface area contributed by atoms with Gasteiger partial charge in [0.05, 0.1) is 0 Å². The third-order valence-corrected chi connectivity index (χ3v) is 5.40. The van der Waals surface area contributed by atoms with Crippen LogP contribution >= 0.6 is 0 Å². The Hall–Kier alpha value is -0.0800. The van der Waals surface area contributed by atoms with Crippen LogP contribution in [0.1, 0.15) is 71.6 Å². The molecule has 1 aliphatic heterocycles. The molecule has 1 saturated carbocycles. The first kappa shape index (κ1) is 15.3. The van der Waals surface area contributed by atoms with Crippen LogP contribution in [0.3, 0.4) is 0 Å². The molecule has 2 N–H and O–H groups in total. The van der Waals surface area contributed by atoms with Crippen LogP contribution < -0.4 is 10.6 Å². The summed E-state index contributed by atoms with van der Waals surface area (Å²) in [5.41, 5.74) is 0. The molecule has 0 aromatic heterocycles. The fraction of sp³-hybridized carbons (Fsp3) is 1.00. The van der Waals surface area contributed by atoms with E-state index in [0.29, 0.717) is 0 Å². The first-order valence-corrected chi connectivity index (χ1v) is 8.81. The van der Waals surface area contributed by atoms with Gasteiger partial charge in [0.1, 0.15) is 0 Å². The molecule has 1 aliphatic carbocycles. The molecule has 0 bridgehead atoms. The number of hydrogen-bond donors (Lipinski definition) is 2. The Bertz CT molecular complexity index is 235. The maximum absolute atomic E-state index is 3.93. The van der Waals surface area contributed by atoms with Crippen LogP contribution in [0.5, 0.6) is 0 Å². The number of nitrogens with one attached hydrogen (secondary N) is 2. The minimum Gasteiger partial charge on any atom is -0.314 e. The molecular formula is C17H34N2. The first-order chi connectivity index (χ1) is 9.35. The average Bonchev–Trinajstić information content (AvgIpc) is 3.09. The molecule has 1 heterocycles. The smallest absolute Gasteiger partial charge is 0.0111 e. The lowest BCUT2D eigenvalue weighted by molar-refractivity contribution is 0.298. The third kappa shape index (κ3) is 4.46. The zero-order valence-electron chi connectivity index (χ0n) is 13.1. The second-order valence-electron chi connectivity index (χ2n) is 6.73. The second-order valence-corrected chi connectivity index (χ2v) is 6.73. The fourth-order valence-electron chi connectivity index (χ4n) is 4.06. The summed E-state index contributed by atoms with van der Waals surface area (Å²) in [6.45, 7) is 7.16. The summed E-state index contributed by atoms with van der Waals surface area (Å²) in [7, 11) is 0. The predicted octanol–water partition coefficient (Wildman–Crippen LogP) is 3.71. The van der Waals surface area contributed by atoms with Gasteiger partial charge in [0, 0.05) is 12.1 Å². The molecule has 0 aromatic carbocycles. The molecule has 112 valence electrons. The van der Waals surface area contributed by atoms with E-state index >= 15 is 0 Å². The molecule has 0 aromatic rings. The van der Waals surface area contributed by atoms with Gasteiger partial charge in [-0.3, -0.25) is 0 Å². The van der Waals surface area contributed by atoms with E-state index in [9.17, 15) is 0 Å². The molecule has 1 saturated heterocycles. The van der Waals surface area contributed by atoms with Crippen LogP contribution in [0.15, 0.2) is 0 Å². The van der Waals surface area contributed by atoms with E-state index in [-0.39, 0.29) is 0 Å². The van der Waals surface area contributed by atoms with Crippen molar-refractivity contribution in [1.29, 1.82) is 0 Å². The Morgan fingerprint density at radius 2 is 2.05 bits per heavy atom. The topological polar surface area (TPSA) is 24.1 Å². The van der Waals surface area contributed by atoms with Crippen LogP contribution in [0.4, 0.5) is 0 Å². The molecule has 4 unspecified atom stereocenters. The monoisotopic (exact) mass is 266 g/mol. The lowest BCUT2D eigenvalue weighted by Gasteiger charge is -2.28. The number of hydrogen-bond acceptors (Lipinski definition) is 2. The molecule has 2 nitrogen and oxygen atoms in total. The molecule has 0 amide bonds. The predicted molar refractivity (Wildman–Crippen MR) is 83.5 cm³/mol. The average molecular weight is 266 g/mol. The minimum absolute atomic E-state index is 0.797. The van der Waals surface area contributed by atoms with Gasteiger partial charge in [0.2, 0.25) is 0 Å². The van der Waals surface area contributed by atoms with Crippen molar-refractivity contribution in [2.24, 2.45) is 11.8 Å². The lowest BCUT2D eigenvalue weighted by atomic mass is 9.92. The Kier molecular flexibility index (Phi) is 6.66. The highest BCUT2D eigenvalue weighted by molar-refractivity contribution is 4.93. The summed E-state index contributed by atoms with van der Waals surface area (Å²) in [5, 5.41) is 7.65. The summed E-state index contributed by atoms with van der Waals surface area (Å²) < 4.78 is 0. The van der Waals surface area contributed by atoms with E-state index in [1.807, 2.05) is 0 Å². The van der Waals surface area contributed by atoms with Crippen molar-refractivity contribution in [1.82, 2.24) is 10.6 Å². The minimum atomic E-state index is 0.797. The standard InChI is InChI=1S/C17H34N2/c1-3-5-8-14(4-2)13-19-17-10-6-9-15(17)16-11-7-12-18-16/h14-19H,3-13H2,1-2H3. The van der Waals surface area contributed by atoms with Gasteiger partial charge in [-0.2, -0.15) is 0 Å². The van der Waals surface area contributed by atoms with Gasteiger partial charge in [-0.15, -0.1) is 0 Å². The van der Waals surface area contributed by atoms with Crippen molar-refractivity contribution in [3.63, 3.8) is 0 Å². The van der Waals surface area contributed by atoms with Crippen LogP contribution in [0.25, 0.3) is 0 Å². The fourth-order valence-corrected chi connectivity index (χ4v) is 4.06. The molecular weight excluding hydrogens is 232 g/mol. The highest BCUT2D eigenvalue weighted by atomic mass is 15.0. The van der Waals surface area contributed by atoms with Gasteiger partial charge in [-0.05, 0) is 57.0 Å². The van der Waals surface area contributed by atoms with Gasteiger partial charge in [0.25, 0.3) is 0 Å². The quantitative estimate of drug-likeness (QED) is 0.700. The van der Waals surface area contributed by atoms with Crippen LogP contribution in [0.2, 0.25) is 0 Å². The number of rotatable bonds is 8. The first-order valence-electron chi connectivity index (χ1n) is 8.81. The molecule has 2 fully saturated rings. The van der Waals surface area contributed by atoms with Crippen LogP contribution in [-0.4, -0.2) is 25.2 Å². The summed E-state index contributed by atoms with van der Waals surface area (Å²) >= 11 is 0. The van der Waals surface area contributed by atoms with E-state index < -0.39 is 0 Å². The molecule has 2 rings (SSSR count). The highest BCUT2D eigenvalue weighted by Gasteiger charge is 2.34. The van der Waals surface area contributed by atoms with Crippen molar-refractivity contribution in [3.8, 4) is 0 Å². The molecule has 19 heavy (non-hydrogen) atoms. The molecule has 0 spiro atoms. The van der Waals surface area contributed by atoms with E-state index in [1.54, 1.807) is 0 Å². The summed E-state index contributed by atoms with van der Waals surface area (Å²) in [6.07, 6.45) is 12.6. The van der Waals surface area contributed by atoms with Crippen LogP contribution in [0, 0.1) is 11.8 Å². The Balaban J connectivity index is 1.73. The van der Waals surface area contributed by atoms with Crippen molar-refractivity contribution in [3.05, 3.63) is 0 Å². The Morgan fingerprint density at radius 1 is 1.16 bits per heavy atom. The molecule has 2 heteroatoms. The van der Waals surface area contributed by atoms with Gasteiger partial charge in [-0.1, -0.05) is 39.5 Å². The maximum Gasteiger partial charge on any atom is 0.0111 e. The summed E-state index contributed by atoms with van der Waals surface area (Å²) in [6, 6.07) is 1.61. The molecule has 2 aliphatic rings. The SMILES string of the molecule is CCCCC(CC)CNC1CCCC1C1CCCN1. The van der Waals surface area contributed by atoms with Gasteiger partial charge in [0.15, 0.2) is 0 Å². The number of unbranched alkanes of at least 4 members (excludes halogenated alkanes) is 1. The second kappa shape index (κ2) is 8.26.